The number of rotatable bonds is 3. The van der Waals surface area contributed by atoms with Crippen LogP contribution in [0.25, 0.3) is 0 Å². The molecule has 1 aromatic rings. The molecule has 5 nitrogen and oxygen atoms in total. The van der Waals surface area contributed by atoms with E-state index in [1.165, 1.54) is 0 Å². The van der Waals surface area contributed by atoms with Crippen LogP contribution in [0.4, 0.5) is 0 Å². The normalized spacial score (nSPS) is 27.1. The Morgan fingerprint density at radius 1 is 1.56 bits per heavy atom. The van der Waals surface area contributed by atoms with Gasteiger partial charge in [-0.15, -0.1) is 0 Å². The lowest BCUT2D eigenvalue weighted by Crippen LogP contribution is -2.24. The maximum atomic E-state index is 11.2. The van der Waals surface area contributed by atoms with Crippen molar-refractivity contribution in [1.82, 2.24) is 9.55 Å². The van der Waals surface area contributed by atoms with Crippen molar-refractivity contribution in [3.05, 3.63) is 17.7 Å². The van der Waals surface area contributed by atoms with Crippen molar-refractivity contribution in [1.29, 1.82) is 0 Å². The van der Waals surface area contributed by atoms with Crippen LogP contribution in [-0.4, -0.2) is 33.8 Å². The molecule has 0 spiro atoms. The maximum absolute atomic E-state index is 11.2. The molecule has 5 heteroatoms. The molecule has 3 rings (SSSR count). The first-order chi connectivity index (χ1) is 8.74. The number of aryl methyl sites for hydroxylation is 1. The molecule has 2 atom stereocenters. The fraction of sp³-hybridized carbons (Fsp3) is 0.692. The SMILES string of the molecule is O=C(O)C1CCCc2nc(CC3CCOC3)cn21. The van der Waals surface area contributed by atoms with Gasteiger partial charge in [0.05, 0.1) is 5.69 Å². The zero-order chi connectivity index (χ0) is 12.5. The third-order valence-corrected chi connectivity index (χ3v) is 3.88. The van der Waals surface area contributed by atoms with Gasteiger partial charge in [0.15, 0.2) is 0 Å². The van der Waals surface area contributed by atoms with Crippen LogP contribution < -0.4 is 0 Å². The minimum absolute atomic E-state index is 0.421. The van der Waals surface area contributed by atoms with Gasteiger partial charge in [-0.25, -0.2) is 9.78 Å². The summed E-state index contributed by atoms with van der Waals surface area (Å²) in [4.78, 5) is 15.8. The Bertz CT molecular complexity index is 449. The first-order valence-electron chi connectivity index (χ1n) is 6.61. The number of imidazole rings is 1. The minimum atomic E-state index is -0.746. The summed E-state index contributed by atoms with van der Waals surface area (Å²) in [5.41, 5.74) is 1.02. The lowest BCUT2D eigenvalue weighted by atomic mass is 10.0. The van der Waals surface area contributed by atoms with Crippen LogP contribution in [0.15, 0.2) is 6.20 Å². The average molecular weight is 250 g/mol. The number of carboxylic acid groups (broad SMARTS) is 1. The molecule has 1 fully saturated rings. The zero-order valence-electron chi connectivity index (χ0n) is 10.3. The smallest absolute Gasteiger partial charge is 0.326 e. The molecule has 0 bridgehead atoms. The summed E-state index contributed by atoms with van der Waals surface area (Å²) < 4.78 is 7.22. The Balaban J connectivity index is 1.79. The third kappa shape index (κ3) is 2.14. The zero-order valence-corrected chi connectivity index (χ0v) is 10.3. The first-order valence-corrected chi connectivity index (χ1v) is 6.61. The fourth-order valence-electron chi connectivity index (χ4n) is 2.92. The lowest BCUT2D eigenvalue weighted by molar-refractivity contribution is -0.141. The van der Waals surface area contributed by atoms with Crippen molar-refractivity contribution < 1.29 is 14.6 Å². The second kappa shape index (κ2) is 4.72. The van der Waals surface area contributed by atoms with E-state index < -0.39 is 12.0 Å². The highest BCUT2D eigenvalue weighted by atomic mass is 16.5. The van der Waals surface area contributed by atoms with Crippen molar-refractivity contribution in [3.63, 3.8) is 0 Å². The molecule has 1 N–H and O–H groups in total. The van der Waals surface area contributed by atoms with E-state index in [-0.39, 0.29) is 0 Å². The summed E-state index contributed by atoms with van der Waals surface area (Å²) in [6.07, 6.45) is 6.46. The number of nitrogens with zero attached hydrogens (tertiary/aromatic N) is 2. The van der Waals surface area contributed by atoms with Crippen LogP contribution in [0.5, 0.6) is 0 Å². The lowest BCUT2D eigenvalue weighted by Gasteiger charge is -2.20. The van der Waals surface area contributed by atoms with Gasteiger partial charge in [-0.3, -0.25) is 0 Å². The van der Waals surface area contributed by atoms with Crippen molar-refractivity contribution >= 4 is 5.97 Å². The molecule has 0 amide bonds. The Kier molecular flexibility index (Phi) is 3.07. The Morgan fingerprint density at radius 2 is 2.44 bits per heavy atom. The van der Waals surface area contributed by atoms with Crippen molar-refractivity contribution in [2.24, 2.45) is 5.92 Å². The number of carboxylic acids is 1. The highest BCUT2D eigenvalue weighted by molar-refractivity contribution is 5.72. The number of aliphatic carboxylic acids is 1. The van der Waals surface area contributed by atoms with Crippen LogP contribution >= 0.6 is 0 Å². The quantitative estimate of drug-likeness (QED) is 0.881. The number of hydrogen-bond acceptors (Lipinski definition) is 3. The molecule has 1 aromatic heterocycles. The van der Waals surface area contributed by atoms with Crippen LogP contribution in [-0.2, 0) is 22.4 Å². The van der Waals surface area contributed by atoms with E-state index >= 15 is 0 Å². The summed E-state index contributed by atoms with van der Waals surface area (Å²) in [6.45, 7) is 1.65. The minimum Gasteiger partial charge on any atom is -0.480 e. The molecule has 18 heavy (non-hydrogen) atoms. The van der Waals surface area contributed by atoms with E-state index in [0.717, 1.165) is 50.4 Å². The van der Waals surface area contributed by atoms with Gasteiger partial charge in [0.1, 0.15) is 11.9 Å². The van der Waals surface area contributed by atoms with Gasteiger partial charge in [-0.05, 0) is 31.6 Å². The van der Waals surface area contributed by atoms with Crippen LogP contribution in [0.3, 0.4) is 0 Å². The topological polar surface area (TPSA) is 64.3 Å². The molecule has 0 saturated carbocycles. The van der Waals surface area contributed by atoms with E-state index in [0.29, 0.717) is 12.3 Å². The Morgan fingerprint density at radius 3 is 3.17 bits per heavy atom. The number of carbonyl (C=O) groups is 1. The second-order valence-corrected chi connectivity index (χ2v) is 5.24. The Hall–Kier alpha value is -1.36. The average Bonchev–Trinajstić information content (AvgIpc) is 2.96. The molecule has 2 unspecified atom stereocenters. The van der Waals surface area contributed by atoms with E-state index in [1.54, 1.807) is 0 Å². The molecule has 2 aliphatic rings. The van der Waals surface area contributed by atoms with E-state index in [9.17, 15) is 9.90 Å². The van der Waals surface area contributed by atoms with Crippen molar-refractivity contribution in [3.8, 4) is 0 Å². The monoisotopic (exact) mass is 250 g/mol. The number of aromatic nitrogens is 2. The van der Waals surface area contributed by atoms with E-state index in [2.05, 4.69) is 4.98 Å². The second-order valence-electron chi connectivity index (χ2n) is 5.24. The van der Waals surface area contributed by atoms with Gasteiger partial charge in [0, 0.05) is 25.8 Å². The van der Waals surface area contributed by atoms with Crippen LogP contribution in [0, 0.1) is 5.92 Å². The van der Waals surface area contributed by atoms with Gasteiger partial charge in [-0.1, -0.05) is 0 Å². The first kappa shape index (κ1) is 11.7. The molecule has 0 aromatic carbocycles. The number of ether oxygens (including phenoxy) is 1. The third-order valence-electron chi connectivity index (χ3n) is 3.88. The van der Waals surface area contributed by atoms with Gasteiger partial charge < -0.3 is 14.4 Å². The predicted molar refractivity (Wildman–Crippen MR) is 64.5 cm³/mol. The Labute approximate surface area is 106 Å². The van der Waals surface area contributed by atoms with Gasteiger partial charge in [0.2, 0.25) is 0 Å². The number of hydrogen-bond donors (Lipinski definition) is 1. The molecule has 98 valence electrons. The summed E-state index contributed by atoms with van der Waals surface area (Å²) in [5.74, 6) is 0.733. The molecular weight excluding hydrogens is 232 g/mol. The molecular formula is C13H18N2O3. The molecule has 3 heterocycles. The number of fused-ring (bicyclic) bond motifs is 1. The standard InChI is InChI=1S/C13H18N2O3/c16-13(17)11-2-1-3-12-14-10(7-15(11)12)6-9-4-5-18-8-9/h7,9,11H,1-6,8H2,(H,16,17). The summed E-state index contributed by atoms with van der Waals surface area (Å²) in [6, 6.07) is -0.421. The van der Waals surface area contributed by atoms with Gasteiger partial charge >= 0.3 is 5.97 Å². The molecule has 1 saturated heterocycles. The van der Waals surface area contributed by atoms with E-state index in [4.69, 9.17) is 4.74 Å². The largest absolute Gasteiger partial charge is 0.480 e. The molecule has 0 aliphatic carbocycles. The van der Waals surface area contributed by atoms with Gasteiger partial charge in [0.25, 0.3) is 0 Å². The highest BCUT2D eigenvalue weighted by Gasteiger charge is 2.27. The van der Waals surface area contributed by atoms with Crippen LogP contribution in [0.2, 0.25) is 0 Å². The van der Waals surface area contributed by atoms with Gasteiger partial charge in [-0.2, -0.15) is 0 Å². The predicted octanol–water partition coefficient (Wildman–Crippen LogP) is 1.42. The molecule has 0 radical (unpaired) electrons. The maximum Gasteiger partial charge on any atom is 0.326 e. The summed E-state index contributed by atoms with van der Waals surface area (Å²) in [7, 11) is 0. The molecule has 2 aliphatic heterocycles. The van der Waals surface area contributed by atoms with E-state index in [1.807, 2.05) is 10.8 Å². The highest BCUT2D eigenvalue weighted by Crippen LogP contribution is 2.26. The fourth-order valence-corrected chi connectivity index (χ4v) is 2.92. The summed E-state index contributed by atoms with van der Waals surface area (Å²) >= 11 is 0. The van der Waals surface area contributed by atoms with Crippen LogP contribution in [0.1, 0.15) is 36.8 Å². The van der Waals surface area contributed by atoms with Crippen molar-refractivity contribution in [2.75, 3.05) is 13.2 Å². The summed E-state index contributed by atoms with van der Waals surface area (Å²) in [5, 5.41) is 9.21. The van der Waals surface area contributed by atoms with Crippen molar-refractivity contribution in [2.45, 2.75) is 38.1 Å².